The molecule has 0 bridgehead atoms. The summed E-state index contributed by atoms with van der Waals surface area (Å²) >= 11 is 5.93. The molecule has 124 valence electrons. The van der Waals surface area contributed by atoms with Crippen molar-refractivity contribution in [2.45, 2.75) is 33.4 Å². The molecule has 0 saturated heterocycles. The van der Waals surface area contributed by atoms with Crippen molar-refractivity contribution in [3.05, 3.63) is 80.2 Å². The first-order chi connectivity index (χ1) is 11.4. The van der Waals surface area contributed by atoms with Gasteiger partial charge in [0.15, 0.2) is 0 Å². The van der Waals surface area contributed by atoms with Gasteiger partial charge in [0.25, 0.3) is 0 Å². The Morgan fingerprint density at radius 1 is 1.08 bits per heavy atom. The Kier molecular flexibility index (Phi) is 4.74. The third-order valence-corrected chi connectivity index (χ3v) is 4.67. The molecule has 4 heteroatoms. The van der Waals surface area contributed by atoms with E-state index in [4.69, 9.17) is 16.0 Å². The molecule has 24 heavy (non-hydrogen) atoms. The zero-order valence-corrected chi connectivity index (χ0v) is 14.8. The van der Waals surface area contributed by atoms with Crippen molar-refractivity contribution in [1.82, 2.24) is 5.32 Å². The minimum Gasteiger partial charge on any atom is -0.423 e. The largest absolute Gasteiger partial charge is 0.423 e. The molecule has 0 aliphatic heterocycles. The Bertz CT molecular complexity index is 929. The predicted octanol–water partition coefficient (Wildman–Crippen LogP) is 4.91. The van der Waals surface area contributed by atoms with Crippen molar-refractivity contribution in [2.75, 3.05) is 0 Å². The normalized spacial score (nSPS) is 12.5. The fourth-order valence-electron chi connectivity index (χ4n) is 2.76. The molecule has 2 aromatic carbocycles. The average molecular weight is 342 g/mol. The number of nitrogens with one attached hydrogen (secondary N) is 1. The fourth-order valence-corrected chi connectivity index (χ4v) is 2.89. The Hall–Kier alpha value is -2.10. The highest BCUT2D eigenvalue weighted by Gasteiger charge is 2.10. The van der Waals surface area contributed by atoms with Crippen molar-refractivity contribution in [3.8, 4) is 0 Å². The van der Waals surface area contributed by atoms with E-state index in [0.717, 1.165) is 27.1 Å². The van der Waals surface area contributed by atoms with Crippen LogP contribution < -0.4 is 10.9 Å². The van der Waals surface area contributed by atoms with Gasteiger partial charge in [0, 0.05) is 29.1 Å². The van der Waals surface area contributed by atoms with Gasteiger partial charge in [-0.15, -0.1) is 0 Å². The number of benzene rings is 2. The summed E-state index contributed by atoms with van der Waals surface area (Å²) in [6, 6.07) is 13.5. The highest BCUT2D eigenvalue weighted by Crippen LogP contribution is 2.22. The Morgan fingerprint density at radius 2 is 1.75 bits per heavy atom. The third-order valence-electron chi connectivity index (χ3n) is 4.41. The number of halogens is 1. The molecule has 0 unspecified atom stereocenters. The third kappa shape index (κ3) is 3.53. The SMILES string of the molecule is Cc1cc2oc(=O)cc(CN[C@@H](C)c3ccc(Cl)cc3)c2cc1C. The maximum atomic E-state index is 11.8. The van der Waals surface area contributed by atoms with E-state index in [1.54, 1.807) is 6.07 Å². The van der Waals surface area contributed by atoms with Crippen LogP contribution in [0.5, 0.6) is 0 Å². The summed E-state index contributed by atoms with van der Waals surface area (Å²) in [5.74, 6) is 0. The fraction of sp³-hybridized carbons (Fsp3) is 0.250. The van der Waals surface area contributed by atoms with Crippen LogP contribution in [0.1, 0.15) is 35.2 Å². The monoisotopic (exact) mass is 341 g/mol. The standard InChI is InChI=1S/C20H20ClNO2/c1-12-8-18-16(10-20(23)24-19(18)9-13(12)2)11-22-14(3)15-4-6-17(21)7-5-15/h4-10,14,22H,11H2,1-3H3/t14-/m0/s1. The zero-order chi connectivity index (χ0) is 17.3. The first kappa shape index (κ1) is 16.7. The van der Waals surface area contributed by atoms with Crippen molar-refractivity contribution in [2.24, 2.45) is 0 Å². The van der Waals surface area contributed by atoms with E-state index in [2.05, 4.69) is 25.2 Å². The Balaban J connectivity index is 1.88. The molecule has 0 spiro atoms. The van der Waals surface area contributed by atoms with E-state index in [-0.39, 0.29) is 11.7 Å². The van der Waals surface area contributed by atoms with E-state index in [1.807, 2.05) is 37.3 Å². The van der Waals surface area contributed by atoms with Gasteiger partial charge in [-0.2, -0.15) is 0 Å². The first-order valence-electron chi connectivity index (χ1n) is 7.97. The topological polar surface area (TPSA) is 42.2 Å². The van der Waals surface area contributed by atoms with E-state index in [1.165, 1.54) is 5.56 Å². The van der Waals surface area contributed by atoms with Gasteiger partial charge in [0.2, 0.25) is 0 Å². The summed E-state index contributed by atoms with van der Waals surface area (Å²) in [6.07, 6.45) is 0. The molecular formula is C20H20ClNO2. The molecule has 0 fully saturated rings. The number of aryl methyl sites for hydroxylation is 2. The van der Waals surface area contributed by atoms with Crippen molar-refractivity contribution in [3.63, 3.8) is 0 Å². The Labute approximate surface area is 146 Å². The van der Waals surface area contributed by atoms with Crippen molar-refractivity contribution < 1.29 is 4.42 Å². The van der Waals surface area contributed by atoms with Gasteiger partial charge in [0.1, 0.15) is 5.58 Å². The second kappa shape index (κ2) is 6.80. The molecule has 3 aromatic rings. The molecule has 0 amide bonds. The van der Waals surface area contributed by atoms with Gasteiger partial charge in [0.05, 0.1) is 0 Å². The minimum atomic E-state index is -0.318. The Morgan fingerprint density at radius 3 is 2.46 bits per heavy atom. The summed E-state index contributed by atoms with van der Waals surface area (Å²) in [5, 5.41) is 5.17. The summed E-state index contributed by atoms with van der Waals surface area (Å²) < 4.78 is 5.34. The second-order valence-electron chi connectivity index (χ2n) is 6.18. The molecule has 0 radical (unpaired) electrons. The lowest BCUT2D eigenvalue weighted by atomic mass is 10.0. The maximum Gasteiger partial charge on any atom is 0.336 e. The highest BCUT2D eigenvalue weighted by atomic mass is 35.5. The average Bonchev–Trinajstić information content (AvgIpc) is 2.54. The van der Waals surface area contributed by atoms with Crippen LogP contribution >= 0.6 is 11.6 Å². The number of fused-ring (bicyclic) bond motifs is 1. The number of hydrogen-bond donors (Lipinski definition) is 1. The van der Waals surface area contributed by atoms with Crippen LogP contribution in [0, 0.1) is 13.8 Å². The zero-order valence-electron chi connectivity index (χ0n) is 14.0. The van der Waals surface area contributed by atoms with Crippen molar-refractivity contribution >= 4 is 22.6 Å². The lowest BCUT2D eigenvalue weighted by Gasteiger charge is -2.15. The highest BCUT2D eigenvalue weighted by molar-refractivity contribution is 6.30. The van der Waals surface area contributed by atoms with Gasteiger partial charge in [-0.25, -0.2) is 4.79 Å². The number of rotatable bonds is 4. The maximum absolute atomic E-state index is 11.8. The van der Waals surface area contributed by atoms with Crippen LogP contribution in [0.15, 0.2) is 51.7 Å². The van der Waals surface area contributed by atoms with Gasteiger partial charge in [-0.05, 0) is 67.3 Å². The lowest BCUT2D eigenvalue weighted by molar-refractivity contribution is 0.547. The first-order valence-corrected chi connectivity index (χ1v) is 8.34. The summed E-state index contributed by atoms with van der Waals surface area (Å²) in [6.45, 7) is 6.76. The molecule has 3 rings (SSSR count). The van der Waals surface area contributed by atoms with E-state index in [0.29, 0.717) is 12.1 Å². The van der Waals surface area contributed by atoms with E-state index >= 15 is 0 Å². The van der Waals surface area contributed by atoms with Crippen LogP contribution in [0.3, 0.4) is 0 Å². The summed E-state index contributed by atoms with van der Waals surface area (Å²) in [7, 11) is 0. The van der Waals surface area contributed by atoms with Crippen LogP contribution in [-0.4, -0.2) is 0 Å². The quantitative estimate of drug-likeness (QED) is 0.685. The summed E-state index contributed by atoms with van der Waals surface area (Å²) in [4.78, 5) is 11.8. The van der Waals surface area contributed by atoms with Gasteiger partial charge in [-0.1, -0.05) is 23.7 Å². The molecule has 0 aliphatic rings. The van der Waals surface area contributed by atoms with Crippen LogP contribution in [0.25, 0.3) is 11.0 Å². The number of hydrogen-bond acceptors (Lipinski definition) is 3. The molecule has 1 aromatic heterocycles. The van der Waals surface area contributed by atoms with Gasteiger partial charge in [-0.3, -0.25) is 0 Å². The summed E-state index contributed by atoms with van der Waals surface area (Å²) in [5.41, 5.74) is 4.72. The predicted molar refractivity (Wildman–Crippen MR) is 98.7 cm³/mol. The van der Waals surface area contributed by atoms with E-state index in [9.17, 15) is 4.79 Å². The van der Waals surface area contributed by atoms with Crippen molar-refractivity contribution in [1.29, 1.82) is 0 Å². The molecule has 1 atom stereocenters. The van der Waals surface area contributed by atoms with Crippen LogP contribution in [-0.2, 0) is 6.54 Å². The smallest absolute Gasteiger partial charge is 0.336 e. The van der Waals surface area contributed by atoms with Crippen LogP contribution in [0.4, 0.5) is 0 Å². The lowest BCUT2D eigenvalue weighted by Crippen LogP contribution is -2.19. The molecule has 0 aliphatic carbocycles. The van der Waals surface area contributed by atoms with Gasteiger partial charge < -0.3 is 9.73 Å². The van der Waals surface area contributed by atoms with Gasteiger partial charge >= 0.3 is 5.63 Å². The van der Waals surface area contributed by atoms with Crippen LogP contribution in [0.2, 0.25) is 5.02 Å². The molecule has 0 saturated carbocycles. The molecule has 1 heterocycles. The molecule has 1 N–H and O–H groups in total. The minimum absolute atomic E-state index is 0.149. The molecule has 3 nitrogen and oxygen atoms in total. The molecular weight excluding hydrogens is 322 g/mol. The van der Waals surface area contributed by atoms with E-state index < -0.39 is 0 Å². The second-order valence-corrected chi connectivity index (χ2v) is 6.61.